The van der Waals surface area contributed by atoms with Crippen LogP contribution in [0.1, 0.15) is 23.2 Å². The lowest BCUT2D eigenvalue weighted by Gasteiger charge is -2.36. The molecule has 0 amide bonds. The van der Waals surface area contributed by atoms with Crippen molar-refractivity contribution in [3.05, 3.63) is 23.8 Å². The lowest BCUT2D eigenvalue weighted by Crippen LogP contribution is -2.52. The first-order valence-corrected chi connectivity index (χ1v) is 8.23. The molecule has 1 saturated heterocycles. The molecule has 20 heavy (non-hydrogen) atoms. The SMILES string of the molecule is CSN(C)c1ccc(N2CCNC3(CC3)C2)cc1C=O. The lowest BCUT2D eigenvalue weighted by atomic mass is 10.1. The summed E-state index contributed by atoms with van der Waals surface area (Å²) in [7, 11) is 1.98. The van der Waals surface area contributed by atoms with Crippen LogP contribution < -0.4 is 14.5 Å². The van der Waals surface area contributed by atoms with E-state index in [-0.39, 0.29) is 0 Å². The average molecular weight is 291 g/mol. The summed E-state index contributed by atoms with van der Waals surface area (Å²) in [4.78, 5) is 13.8. The molecular weight excluding hydrogens is 270 g/mol. The molecule has 1 saturated carbocycles. The topological polar surface area (TPSA) is 35.6 Å². The molecule has 1 aromatic rings. The maximum absolute atomic E-state index is 11.4. The van der Waals surface area contributed by atoms with Crippen molar-refractivity contribution >= 4 is 29.6 Å². The normalized spacial score (nSPS) is 20.0. The van der Waals surface area contributed by atoms with Crippen molar-refractivity contribution in [3.63, 3.8) is 0 Å². The van der Waals surface area contributed by atoms with E-state index in [9.17, 15) is 4.79 Å². The molecular formula is C15H21N3OS. The molecule has 108 valence electrons. The second-order valence-electron chi connectivity index (χ2n) is 5.67. The predicted octanol–water partition coefficient (Wildman–Crippen LogP) is 2.16. The largest absolute Gasteiger partial charge is 0.368 e. The van der Waals surface area contributed by atoms with Crippen molar-refractivity contribution in [2.24, 2.45) is 0 Å². The summed E-state index contributed by atoms with van der Waals surface area (Å²) in [6, 6.07) is 6.21. The molecule has 3 rings (SSSR count). The van der Waals surface area contributed by atoms with Gasteiger partial charge in [0.15, 0.2) is 6.29 Å². The van der Waals surface area contributed by atoms with Crippen molar-refractivity contribution in [1.29, 1.82) is 0 Å². The van der Waals surface area contributed by atoms with Gasteiger partial charge in [-0.25, -0.2) is 0 Å². The monoisotopic (exact) mass is 291 g/mol. The summed E-state index contributed by atoms with van der Waals surface area (Å²) >= 11 is 1.61. The zero-order valence-electron chi connectivity index (χ0n) is 12.1. The summed E-state index contributed by atoms with van der Waals surface area (Å²) < 4.78 is 2.02. The fraction of sp³-hybridized carbons (Fsp3) is 0.533. The van der Waals surface area contributed by atoms with Crippen molar-refractivity contribution in [2.45, 2.75) is 18.4 Å². The van der Waals surface area contributed by atoms with Gasteiger partial charge in [0.2, 0.25) is 0 Å². The molecule has 1 aliphatic heterocycles. The third kappa shape index (κ3) is 2.52. The van der Waals surface area contributed by atoms with Gasteiger partial charge in [-0.1, -0.05) is 11.9 Å². The van der Waals surface area contributed by atoms with Crippen molar-refractivity contribution in [3.8, 4) is 0 Å². The van der Waals surface area contributed by atoms with Gasteiger partial charge in [0.25, 0.3) is 0 Å². The van der Waals surface area contributed by atoms with Gasteiger partial charge in [-0.15, -0.1) is 0 Å². The summed E-state index contributed by atoms with van der Waals surface area (Å²) in [5.74, 6) is 0. The van der Waals surface area contributed by atoms with Gasteiger partial charge in [0.1, 0.15) is 0 Å². The van der Waals surface area contributed by atoms with E-state index >= 15 is 0 Å². The summed E-state index contributed by atoms with van der Waals surface area (Å²) in [5, 5.41) is 3.61. The Labute approximate surface area is 124 Å². The van der Waals surface area contributed by atoms with E-state index in [1.165, 1.54) is 12.8 Å². The van der Waals surface area contributed by atoms with Gasteiger partial charge in [-0.3, -0.25) is 4.79 Å². The fourth-order valence-electron chi connectivity index (χ4n) is 2.88. The first kappa shape index (κ1) is 13.8. The van der Waals surface area contributed by atoms with Crippen LogP contribution in [0, 0.1) is 0 Å². The minimum atomic E-state index is 0.355. The number of carbonyl (C=O) groups is 1. The molecule has 1 spiro atoms. The van der Waals surface area contributed by atoms with Crippen LogP contribution >= 0.6 is 11.9 Å². The smallest absolute Gasteiger partial charge is 0.152 e. The van der Waals surface area contributed by atoms with Gasteiger partial charge in [-0.2, -0.15) is 0 Å². The zero-order chi connectivity index (χ0) is 14.2. The number of carbonyl (C=O) groups excluding carboxylic acids is 1. The number of nitrogens with zero attached hydrogens (tertiary/aromatic N) is 2. The van der Waals surface area contributed by atoms with Crippen LogP contribution in [0.15, 0.2) is 18.2 Å². The number of benzene rings is 1. The first-order chi connectivity index (χ1) is 9.67. The van der Waals surface area contributed by atoms with Crippen LogP contribution in [0.2, 0.25) is 0 Å². The van der Waals surface area contributed by atoms with E-state index in [4.69, 9.17) is 0 Å². The molecule has 2 fully saturated rings. The Balaban J connectivity index is 1.85. The van der Waals surface area contributed by atoms with Gasteiger partial charge >= 0.3 is 0 Å². The highest BCUT2D eigenvalue weighted by atomic mass is 32.2. The van der Waals surface area contributed by atoms with Crippen LogP contribution in [0.4, 0.5) is 11.4 Å². The first-order valence-electron chi connectivity index (χ1n) is 7.04. The van der Waals surface area contributed by atoms with Crippen LogP contribution in [0.5, 0.6) is 0 Å². The van der Waals surface area contributed by atoms with E-state index < -0.39 is 0 Å². The zero-order valence-corrected chi connectivity index (χ0v) is 12.9. The molecule has 0 radical (unpaired) electrons. The molecule has 4 nitrogen and oxygen atoms in total. The molecule has 5 heteroatoms. The Morgan fingerprint density at radius 2 is 2.25 bits per heavy atom. The number of hydrogen-bond donors (Lipinski definition) is 1. The van der Waals surface area contributed by atoms with E-state index in [2.05, 4.69) is 22.3 Å². The van der Waals surface area contributed by atoms with Gasteiger partial charge in [0, 0.05) is 49.7 Å². The molecule has 1 N–H and O–H groups in total. The van der Waals surface area contributed by atoms with Crippen LogP contribution in [-0.2, 0) is 0 Å². The third-order valence-corrected chi connectivity index (χ3v) is 5.09. The lowest BCUT2D eigenvalue weighted by molar-refractivity contribution is 0.112. The van der Waals surface area contributed by atoms with Crippen LogP contribution in [-0.4, -0.2) is 44.8 Å². The molecule has 0 atom stereocenters. The predicted molar refractivity (Wildman–Crippen MR) is 85.9 cm³/mol. The highest BCUT2D eigenvalue weighted by molar-refractivity contribution is 7.99. The van der Waals surface area contributed by atoms with Crippen molar-refractivity contribution in [1.82, 2.24) is 5.32 Å². The second kappa shape index (κ2) is 5.30. The average Bonchev–Trinajstić information content (AvgIpc) is 3.24. The highest BCUT2D eigenvalue weighted by Crippen LogP contribution is 2.39. The van der Waals surface area contributed by atoms with Crippen LogP contribution in [0.25, 0.3) is 0 Å². The Morgan fingerprint density at radius 1 is 1.45 bits per heavy atom. The number of aldehydes is 1. The minimum absolute atomic E-state index is 0.355. The molecule has 0 unspecified atom stereocenters. The van der Waals surface area contributed by atoms with Crippen molar-refractivity contribution < 1.29 is 4.79 Å². The number of piperazine rings is 1. The summed E-state index contributed by atoms with van der Waals surface area (Å²) in [6.45, 7) is 3.10. The number of nitrogens with one attached hydrogen (secondary N) is 1. The standard InChI is InChI=1S/C15H21N3OS/c1-17(20-2)14-4-3-13(9-12(14)10-19)18-8-7-16-15(11-18)5-6-15/h3-4,9-10,16H,5-8,11H2,1-2H3. The summed E-state index contributed by atoms with van der Waals surface area (Å²) in [5.41, 5.74) is 3.27. The third-order valence-electron chi connectivity index (χ3n) is 4.35. The maximum Gasteiger partial charge on any atom is 0.152 e. The number of rotatable bonds is 4. The molecule has 1 heterocycles. The minimum Gasteiger partial charge on any atom is -0.368 e. The molecule has 1 aliphatic carbocycles. The van der Waals surface area contributed by atoms with Gasteiger partial charge in [0.05, 0.1) is 5.69 Å². The molecule has 0 bridgehead atoms. The van der Waals surface area contributed by atoms with E-state index in [0.717, 1.165) is 42.9 Å². The summed E-state index contributed by atoms with van der Waals surface area (Å²) in [6.07, 6.45) is 5.52. The second-order valence-corrected chi connectivity index (χ2v) is 6.58. The van der Waals surface area contributed by atoms with Gasteiger partial charge in [-0.05, 0) is 31.0 Å². The molecule has 0 aromatic heterocycles. The van der Waals surface area contributed by atoms with Gasteiger partial charge < -0.3 is 14.5 Å². The fourth-order valence-corrected chi connectivity index (χ4v) is 3.24. The van der Waals surface area contributed by atoms with Crippen LogP contribution in [0.3, 0.4) is 0 Å². The molecule has 2 aliphatic rings. The molecule has 1 aromatic carbocycles. The Morgan fingerprint density at radius 3 is 2.90 bits per heavy atom. The quantitative estimate of drug-likeness (QED) is 0.679. The van der Waals surface area contributed by atoms with Crippen molar-refractivity contribution in [2.75, 3.05) is 42.1 Å². The maximum atomic E-state index is 11.4. The van der Waals surface area contributed by atoms with E-state index in [1.54, 1.807) is 11.9 Å². The Kier molecular flexibility index (Phi) is 3.65. The number of hydrogen-bond acceptors (Lipinski definition) is 5. The van der Waals surface area contributed by atoms with E-state index in [0.29, 0.717) is 5.54 Å². The Bertz CT molecular complexity index is 516. The Hall–Kier alpha value is -1.20. The number of anilines is 2. The van der Waals surface area contributed by atoms with E-state index in [1.807, 2.05) is 23.7 Å². The highest BCUT2D eigenvalue weighted by Gasteiger charge is 2.45.